The average Bonchev–Trinajstić information content (AvgIpc) is 3.27. The van der Waals surface area contributed by atoms with E-state index in [2.05, 4.69) is 50.8 Å². The molecule has 178 valence electrons. The van der Waals surface area contributed by atoms with Gasteiger partial charge in [0.05, 0.1) is 28.7 Å². The van der Waals surface area contributed by atoms with Crippen molar-refractivity contribution in [2.45, 2.75) is 30.1 Å². The van der Waals surface area contributed by atoms with Gasteiger partial charge in [-0.2, -0.15) is 5.26 Å². The van der Waals surface area contributed by atoms with E-state index in [0.29, 0.717) is 18.7 Å². The van der Waals surface area contributed by atoms with E-state index in [4.69, 9.17) is 10.00 Å². The molecule has 0 radical (unpaired) electrons. The Bertz CT molecular complexity index is 1280. The molecule has 2 fully saturated rings. The van der Waals surface area contributed by atoms with Gasteiger partial charge in [0.1, 0.15) is 0 Å². The molecule has 2 aliphatic heterocycles. The number of benzene rings is 2. The molecule has 3 atom stereocenters. The van der Waals surface area contributed by atoms with Crippen LogP contribution >= 0.6 is 0 Å². The average molecular weight is 480 g/mol. The third-order valence-corrected chi connectivity index (χ3v) is 8.29. The molecule has 0 amide bonds. The van der Waals surface area contributed by atoms with Crippen LogP contribution in [0.5, 0.6) is 0 Å². The first-order valence-corrected chi connectivity index (χ1v) is 13.1. The second-order valence-electron chi connectivity index (χ2n) is 9.09. The summed E-state index contributed by atoms with van der Waals surface area (Å²) in [6.45, 7) is 6.49. The minimum atomic E-state index is -3.60. The zero-order valence-electron chi connectivity index (χ0n) is 19.1. The van der Waals surface area contributed by atoms with Crippen LogP contribution in [0.15, 0.2) is 59.6 Å². The Morgan fingerprint density at radius 2 is 1.82 bits per heavy atom. The van der Waals surface area contributed by atoms with Crippen molar-refractivity contribution in [2.75, 3.05) is 39.3 Å². The summed E-state index contributed by atoms with van der Waals surface area (Å²) in [6, 6.07) is 16.6. The van der Waals surface area contributed by atoms with E-state index in [9.17, 15) is 8.42 Å². The van der Waals surface area contributed by atoms with E-state index in [1.807, 2.05) is 12.1 Å². The number of aromatic amines is 1. The largest absolute Gasteiger partial charge is 0.370 e. The minimum absolute atomic E-state index is 0.107. The number of ether oxygens (including phenoxy) is 1. The molecule has 5 rings (SSSR count). The molecule has 3 aromatic rings. The van der Waals surface area contributed by atoms with E-state index < -0.39 is 10.0 Å². The summed E-state index contributed by atoms with van der Waals surface area (Å²) in [5.74, 6) is 0. The summed E-state index contributed by atoms with van der Waals surface area (Å²) in [5.41, 5.74) is 2.91. The predicted octanol–water partition coefficient (Wildman–Crippen LogP) is 2.46. The monoisotopic (exact) mass is 479 g/mol. The van der Waals surface area contributed by atoms with Crippen molar-refractivity contribution < 1.29 is 13.2 Å². The number of aromatic nitrogens is 1. The van der Waals surface area contributed by atoms with Crippen molar-refractivity contribution in [2.24, 2.45) is 0 Å². The van der Waals surface area contributed by atoms with Gasteiger partial charge < -0.3 is 9.72 Å². The summed E-state index contributed by atoms with van der Waals surface area (Å²) in [6.07, 6.45) is 2.33. The molecule has 8 nitrogen and oxygen atoms in total. The lowest BCUT2D eigenvalue weighted by molar-refractivity contribution is -0.144. The van der Waals surface area contributed by atoms with Crippen LogP contribution in [0.3, 0.4) is 0 Å². The number of fused-ring (bicyclic) bond motifs is 3. The highest BCUT2D eigenvalue weighted by atomic mass is 32.2. The fraction of sp³-hybridized carbons (Fsp3) is 0.400. The lowest BCUT2D eigenvalue weighted by atomic mass is 10.0. The summed E-state index contributed by atoms with van der Waals surface area (Å²) in [4.78, 5) is 8.34. The van der Waals surface area contributed by atoms with Gasteiger partial charge in [0.25, 0.3) is 0 Å². The fourth-order valence-corrected chi connectivity index (χ4v) is 6.09. The minimum Gasteiger partial charge on any atom is -0.370 e. The molecule has 2 bridgehead atoms. The fourth-order valence-electron chi connectivity index (χ4n) is 5.07. The van der Waals surface area contributed by atoms with Gasteiger partial charge in [-0.25, -0.2) is 13.1 Å². The maximum Gasteiger partial charge on any atom is 0.240 e. The van der Waals surface area contributed by atoms with Gasteiger partial charge in [0.15, 0.2) is 0 Å². The highest BCUT2D eigenvalue weighted by Crippen LogP contribution is 2.31. The van der Waals surface area contributed by atoms with Gasteiger partial charge in [-0.3, -0.25) is 9.80 Å². The summed E-state index contributed by atoms with van der Waals surface area (Å²) in [7, 11) is -3.60. The first kappa shape index (κ1) is 23.0. The zero-order valence-corrected chi connectivity index (χ0v) is 20.0. The molecule has 2 aromatic carbocycles. The third-order valence-electron chi connectivity index (χ3n) is 6.82. The van der Waals surface area contributed by atoms with Gasteiger partial charge >= 0.3 is 0 Å². The van der Waals surface area contributed by atoms with Crippen LogP contribution in [0, 0.1) is 11.3 Å². The Labute approximate surface area is 200 Å². The van der Waals surface area contributed by atoms with Crippen LogP contribution in [-0.2, 0) is 14.8 Å². The second kappa shape index (κ2) is 9.49. The molecule has 34 heavy (non-hydrogen) atoms. The molecule has 0 aliphatic carbocycles. The number of hydrogen-bond donors (Lipinski definition) is 2. The number of sulfonamides is 1. The second-order valence-corrected chi connectivity index (χ2v) is 10.9. The Morgan fingerprint density at radius 3 is 2.53 bits per heavy atom. The van der Waals surface area contributed by atoms with Crippen molar-refractivity contribution in [1.82, 2.24) is 19.5 Å². The number of nitriles is 1. The molecule has 9 heteroatoms. The first-order valence-electron chi connectivity index (χ1n) is 11.6. The molecule has 3 heterocycles. The maximum atomic E-state index is 12.5. The number of H-pyrrole nitrogens is 1. The van der Waals surface area contributed by atoms with Crippen molar-refractivity contribution >= 4 is 20.9 Å². The molecule has 2 N–H and O–H groups in total. The first-order chi connectivity index (χ1) is 16.4. The van der Waals surface area contributed by atoms with Crippen LogP contribution in [-0.4, -0.2) is 74.7 Å². The normalized spacial score (nSPS) is 22.5. The quantitative estimate of drug-likeness (QED) is 0.540. The SMILES string of the molecule is CC(c1c[nH]c2ccccc12)N1CC2CN(CCNS(=O)(=O)c3ccc(C#N)cc3)CC(C1)O2. The Balaban J connectivity index is 1.15. The summed E-state index contributed by atoms with van der Waals surface area (Å²) >= 11 is 0. The van der Waals surface area contributed by atoms with Crippen molar-refractivity contribution in [3.8, 4) is 6.07 Å². The number of hydrogen-bond acceptors (Lipinski definition) is 6. The molecule has 3 unspecified atom stereocenters. The molecule has 2 aliphatic rings. The number of nitrogens with zero attached hydrogens (tertiary/aromatic N) is 3. The Kier molecular flexibility index (Phi) is 6.42. The number of nitrogens with one attached hydrogen (secondary N) is 2. The van der Waals surface area contributed by atoms with Crippen molar-refractivity contribution in [1.29, 1.82) is 5.26 Å². The van der Waals surface area contributed by atoms with Crippen molar-refractivity contribution in [3.05, 3.63) is 65.9 Å². The van der Waals surface area contributed by atoms with Crippen LogP contribution in [0.1, 0.15) is 24.1 Å². The molecule has 2 saturated heterocycles. The Morgan fingerprint density at radius 1 is 1.12 bits per heavy atom. The van der Waals surface area contributed by atoms with Gasteiger partial charge in [0, 0.05) is 62.4 Å². The van der Waals surface area contributed by atoms with E-state index in [1.54, 1.807) is 0 Å². The predicted molar refractivity (Wildman–Crippen MR) is 130 cm³/mol. The number of rotatable bonds is 7. The number of para-hydroxylation sites is 1. The van der Waals surface area contributed by atoms with Crippen LogP contribution in [0.4, 0.5) is 0 Å². The van der Waals surface area contributed by atoms with E-state index >= 15 is 0 Å². The molecule has 0 saturated carbocycles. The molecular weight excluding hydrogens is 450 g/mol. The van der Waals surface area contributed by atoms with Crippen molar-refractivity contribution in [3.63, 3.8) is 0 Å². The lowest BCUT2D eigenvalue weighted by Gasteiger charge is -2.47. The molecular formula is C25H29N5O3S. The third kappa shape index (κ3) is 4.73. The molecule has 1 aromatic heterocycles. The highest BCUT2D eigenvalue weighted by molar-refractivity contribution is 7.89. The topological polar surface area (TPSA) is 101 Å². The Hall–Kier alpha value is -2.74. The smallest absolute Gasteiger partial charge is 0.240 e. The lowest BCUT2D eigenvalue weighted by Crippen LogP contribution is -2.60. The van der Waals surface area contributed by atoms with Crippen LogP contribution < -0.4 is 4.72 Å². The van der Waals surface area contributed by atoms with E-state index in [1.165, 1.54) is 35.2 Å². The highest BCUT2D eigenvalue weighted by Gasteiger charge is 2.37. The maximum absolute atomic E-state index is 12.5. The van der Waals surface area contributed by atoms with E-state index in [-0.39, 0.29) is 23.1 Å². The van der Waals surface area contributed by atoms with E-state index in [0.717, 1.165) is 31.7 Å². The summed E-state index contributed by atoms with van der Waals surface area (Å²) < 4.78 is 34.0. The van der Waals surface area contributed by atoms with Gasteiger partial charge in [0.2, 0.25) is 10.0 Å². The number of morpholine rings is 2. The van der Waals surface area contributed by atoms with Gasteiger partial charge in [-0.1, -0.05) is 18.2 Å². The van der Waals surface area contributed by atoms with Crippen LogP contribution in [0.25, 0.3) is 10.9 Å². The van der Waals surface area contributed by atoms with Gasteiger partial charge in [-0.15, -0.1) is 0 Å². The standard InChI is InChI=1S/C25H29N5O3S/c1-18(24-13-27-25-5-3-2-4-23(24)25)30-16-20-14-29(15-21(17-30)33-20)11-10-28-34(31,32)22-8-6-19(12-26)7-9-22/h2-9,13,18,20-21,27-28H,10-11,14-17H2,1H3. The van der Waals surface area contributed by atoms with Crippen LogP contribution in [0.2, 0.25) is 0 Å². The summed E-state index contributed by atoms with van der Waals surface area (Å²) in [5, 5.41) is 10.2. The van der Waals surface area contributed by atoms with Gasteiger partial charge in [-0.05, 0) is 42.8 Å². The zero-order chi connectivity index (χ0) is 23.7. The molecule has 0 spiro atoms.